The molecule has 0 spiro atoms. The van der Waals surface area contributed by atoms with Gasteiger partial charge in [0, 0.05) is 5.69 Å². The largest absolute Gasteiger partial charge is 0.508 e. The van der Waals surface area contributed by atoms with E-state index in [1.807, 2.05) is 38.1 Å². The zero-order chi connectivity index (χ0) is 14.7. The van der Waals surface area contributed by atoms with Gasteiger partial charge < -0.3 is 10.4 Å². The summed E-state index contributed by atoms with van der Waals surface area (Å²) >= 11 is 0. The minimum Gasteiger partial charge on any atom is -0.508 e. The molecule has 0 unspecified atom stereocenters. The monoisotopic (exact) mass is 266 g/mol. The molecule has 0 bridgehead atoms. The summed E-state index contributed by atoms with van der Waals surface area (Å²) in [5.74, 6) is -0.403. The third kappa shape index (κ3) is 2.62. The molecule has 0 aromatic heterocycles. The number of amides is 1. The van der Waals surface area contributed by atoms with Crippen molar-refractivity contribution in [3.8, 4) is 11.8 Å². The normalized spacial score (nSPS) is 9.85. The zero-order valence-electron chi connectivity index (χ0n) is 11.3. The molecule has 2 aromatic rings. The van der Waals surface area contributed by atoms with Crippen molar-refractivity contribution in [2.75, 3.05) is 5.32 Å². The molecule has 0 aliphatic rings. The van der Waals surface area contributed by atoms with Crippen LogP contribution in [-0.2, 0) is 0 Å². The lowest BCUT2D eigenvalue weighted by Gasteiger charge is -2.11. The van der Waals surface area contributed by atoms with Gasteiger partial charge in [-0.3, -0.25) is 4.79 Å². The molecule has 0 atom stereocenters. The Labute approximate surface area is 117 Å². The molecule has 0 saturated carbocycles. The lowest BCUT2D eigenvalue weighted by molar-refractivity contribution is 0.102. The number of carbonyl (C=O) groups is 1. The lowest BCUT2D eigenvalue weighted by Crippen LogP contribution is -2.14. The molecule has 2 aromatic carbocycles. The Morgan fingerprint density at radius 3 is 2.70 bits per heavy atom. The molecule has 2 rings (SSSR count). The summed E-state index contributed by atoms with van der Waals surface area (Å²) in [5.41, 5.74) is 3.16. The van der Waals surface area contributed by atoms with Crippen molar-refractivity contribution in [1.82, 2.24) is 0 Å². The van der Waals surface area contributed by atoms with Crippen molar-refractivity contribution in [2.24, 2.45) is 0 Å². The van der Waals surface area contributed by atoms with E-state index in [-0.39, 0.29) is 22.8 Å². The average Bonchev–Trinajstić information content (AvgIpc) is 2.43. The van der Waals surface area contributed by atoms with Gasteiger partial charge in [0.2, 0.25) is 0 Å². The minimum absolute atomic E-state index is 0.0372. The van der Waals surface area contributed by atoms with Crippen LogP contribution in [0.25, 0.3) is 0 Å². The van der Waals surface area contributed by atoms with Gasteiger partial charge in [-0.25, -0.2) is 0 Å². The van der Waals surface area contributed by atoms with E-state index in [1.165, 1.54) is 18.2 Å². The molecule has 4 nitrogen and oxygen atoms in total. The van der Waals surface area contributed by atoms with E-state index in [0.717, 1.165) is 11.1 Å². The number of aryl methyl sites for hydroxylation is 1. The van der Waals surface area contributed by atoms with Crippen LogP contribution < -0.4 is 5.32 Å². The molecular weight excluding hydrogens is 252 g/mol. The fraction of sp³-hybridized carbons (Fsp3) is 0.125. The summed E-state index contributed by atoms with van der Waals surface area (Å²) in [7, 11) is 0. The molecule has 0 saturated heterocycles. The molecule has 100 valence electrons. The fourth-order valence-corrected chi connectivity index (χ4v) is 1.90. The highest BCUT2D eigenvalue weighted by Gasteiger charge is 2.13. The second-order valence-corrected chi connectivity index (χ2v) is 4.54. The van der Waals surface area contributed by atoms with E-state index < -0.39 is 0 Å². The Balaban J connectivity index is 2.34. The number of hydrogen-bond acceptors (Lipinski definition) is 3. The number of nitriles is 1. The summed E-state index contributed by atoms with van der Waals surface area (Å²) in [6.45, 7) is 3.89. The van der Waals surface area contributed by atoms with Gasteiger partial charge in [0.1, 0.15) is 11.8 Å². The molecule has 0 aliphatic heterocycles. The summed E-state index contributed by atoms with van der Waals surface area (Å²) in [5, 5.41) is 21.1. The van der Waals surface area contributed by atoms with Crippen LogP contribution in [0.4, 0.5) is 5.69 Å². The van der Waals surface area contributed by atoms with Crippen LogP contribution in [-0.4, -0.2) is 11.0 Å². The van der Waals surface area contributed by atoms with Crippen LogP contribution >= 0.6 is 0 Å². The van der Waals surface area contributed by atoms with E-state index >= 15 is 0 Å². The number of hydrogen-bond donors (Lipinski definition) is 2. The van der Waals surface area contributed by atoms with E-state index in [9.17, 15) is 9.90 Å². The summed E-state index contributed by atoms with van der Waals surface area (Å²) in [6.07, 6.45) is 0. The Hall–Kier alpha value is -2.80. The first kappa shape index (κ1) is 13.6. The lowest BCUT2D eigenvalue weighted by atomic mass is 10.1. The van der Waals surface area contributed by atoms with Crippen LogP contribution in [0.2, 0.25) is 0 Å². The molecule has 0 radical (unpaired) electrons. The highest BCUT2D eigenvalue weighted by atomic mass is 16.3. The number of rotatable bonds is 2. The summed E-state index contributed by atoms with van der Waals surface area (Å²) in [6, 6.07) is 11.6. The van der Waals surface area contributed by atoms with Crippen molar-refractivity contribution < 1.29 is 9.90 Å². The Bertz CT molecular complexity index is 715. The van der Waals surface area contributed by atoms with Crippen molar-refractivity contribution in [3.05, 3.63) is 58.7 Å². The molecule has 20 heavy (non-hydrogen) atoms. The van der Waals surface area contributed by atoms with Crippen LogP contribution in [0.5, 0.6) is 5.75 Å². The quantitative estimate of drug-likeness (QED) is 0.877. The average molecular weight is 266 g/mol. The Morgan fingerprint density at radius 1 is 1.25 bits per heavy atom. The first-order chi connectivity index (χ1) is 9.52. The number of benzene rings is 2. The predicted octanol–water partition coefficient (Wildman–Crippen LogP) is 3.13. The van der Waals surface area contributed by atoms with Crippen LogP contribution in [0, 0.1) is 25.2 Å². The maximum Gasteiger partial charge on any atom is 0.257 e. The van der Waals surface area contributed by atoms with Gasteiger partial charge in [-0.05, 0) is 49.2 Å². The second-order valence-electron chi connectivity index (χ2n) is 4.54. The molecule has 4 heteroatoms. The van der Waals surface area contributed by atoms with Gasteiger partial charge in [0.25, 0.3) is 5.91 Å². The number of anilines is 1. The molecule has 0 fully saturated rings. The van der Waals surface area contributed by atoms with E-state index in [1.54, 1.807) is 0 Å². The highest BCUT2D eigenvalue weighted by molar-refractivity contribution is 6.06. The predicted molar refractivity (Wildman–Crippen MR) is 76.7 cm³/mol. The first-order valence-corrected chi connectivity index (χ1v) is 6.13. The highest BCUT2D eigenvalue weighted by Crippen LogP contribution is 2.21. The summed E-state index contributed by atoms with van der Waals surface area (Å²) < 4.78 is 0. The van der Waals surface area contributed by atoms with Gasteiger partial charge >= 0.3 is 0 Å². The maximum absolute atomic E-state index is 12.2. The van der Waals surface area contributed by atoms with Crippen LogP contribution in [0.3, 0.4) is 0 Å². The van der Waals surface area contributed by atoms with Gasteiger partial charge in [-0.1, -0.05) is 12.1 Å². The van der Waals surface area contributed by atoms with Crippen molar-refractivity contribution in [3.63, 3.8) is 0 Å². The number of carbonyl (C=O) groups excluding carboxylic acids is 1. The molecular formula is C16H14N2O2. The summed E-state index contributed by atoms with van der Waals surface area (Å²) in [4.78, 5) is 12.2. The molecule has 0 heterocycles. The van der Waals surface area contributed by atoms with Gasteiger partial charge in [-0.15, -0.1) is 0 Å². The number of phenols is 1. The van der Waals surface area contributed by atoms with Crippen LogP contribution in [0.15, 0.2) is 36.4 Å². The molecule has 0 aliphatic carbocycles. The van der Waals surface area contributed by atoms with Gasteiger partial charge in [0.05, 0.1) is 11.1 Å². The van der Waals surface area contributed by atoms with Crippen molar-refractivity contribution in [2.45, 2.75) is 13.8 Å². The second kappa shape index (κ2) is 5.45. The zero-order valence-corrected chi connectivity index (χ0v) is 11.3. The maximum atomic E-state index is 12.2. The first-order valence-electron chi connectivity index (χ1n) is 6.13. The molecule has 2 N–H and O–H groups in total. The number of nitrogens with one attached hydrogen (secondary N) is 1. The van der Waals surface area contributed by atoms with Gasteiger partial charge in [0.15, 0.2) is 0 Å². The van der Waals surface area contributed by atoms with E-state index in [0.29, 0.717) is 5.69 Å². The van der Waals surface area contributed by atoms with E-state index in [4.69, 9.17) is 5.26 Å². The standard InChI is InChI=1S/C16H14N2O2/c1-10-4-3-5-15(11(10)2)18-16(20)14-7-6-13(19)8-12(14)9-17/h3-8,19H,1-2H3,(H,18,20). The molecule has 1 amide bonds. The van der Waals surface area contributed by atoms with Crippen molar-refractivity contribution in [1.29, 1.82) is 5.26 Å². The van der Waals surface area contributed by atoms with Crippen molar-refractivity contribution >= 4 is 11.6 Å². The number of aromatic hydroxyl groups is 1. The topological polar surface area (TPSA) is 73.1 Å². The minimum atomic E-state index is -0.366. The van der Waals surface area contributed by atoms with Crippen LogP contribution in [0.1, 0.15) is 27.0 Å². The Morgan fingerprint density at radius 2 is 2.00 bits per heavy atom. The fourth-order valence-electron chi connectivity index (χ4n) is 1.90. The third-order valence-corrected chi connectivity index (χ3v) is 3.22. The smallest absolute Gasteiger partial charge is 0.257 e. The Kier molecular flexibility index (Phi) is 3.72. The number of nitrogens with zero attached hydrogens (tertiary/aromatic N) is 1. The van der Waals surface area contributed by atoms with E-state index in [2.05, 4.69) is 5.32 Å². The van der Waals surface area contributed by atoms with Gasteiger partial charge in [-0.2, -0.15) is 5.26 Å². The third-order valence-electron chi connectivity index (χ3n) is 3.22. The SMILES string of the molecule is Cc1cccc(NC(=O)c2ccc(O)cc2C#N)c1C. The number of phenolic OH excluding ortho intramolecular Hbond substituents is 1.